The van der Waals surface area contributed by atoms with Crippen LogP contribution in [0.5, 0.6) is 5.75 Å². The Morgan fingerprint density at radius 3 is 2.00 bits per heavy atom. The van der Waals surface area contributed by atoms with Crippen molar-refractivity contribution in [3.05, 3.63) is 89.8 Å². The molecule has 0 unspecified atom stereocenters. The molecule has 230 valence electrons. The maximum atomic E-state index is 15.4. The molecule has 0 bridgehead atoms. The van der Waals surface area contributed by atoms with Crippen LogP contribution in [0.3, 0.4) is 0 Å². The standard InChI is InChI=1S/C39H47F3O/c1-3-5-7-8-27-9-11-28(12-10-27)29-13-15-30(16-14-29)33-21-22-34(36(40)26-33)31-17-19-32(20-18-31)35-23-24-37(39(42)38(35)41)43-25-6-4-2/h3,5,17-24,26-30H,4,6-16,25H2,1-2H3. The van der Waals surface area contributed by atoms with Gasteiger partial charge in [0.15, 0.2) is 11.6 Å². The van der Waals surface area contributed by atoms with Crippen LogP contribution in [0.25, 0.3) is 22.3 Å². The number of unbranched alkanes of at least 4 members (excludes halogenated alkanes) is 1. The van der Waals surface area contributed by atoms with Gasteiger partial charge in [0.05, 0.1) is 6.61 Å². The second-order valence-electron chi connectivity index (χ2n) is 12.8. The summed E-state index contributed by atoms with van der Waals surface area (Å²) in [6, 6.07) is 15.7. The molecule has 43 heavy (non-hydrogen) atoms. The van der Waals surface area contributed by atoms with Crippen molar-refractivity contribution in [1.82, 2.24) is 0 Å². The fraction of sp³-hybridized carbons (Fsp3) is 0.487. The van der Waals surface area contributed by atoms with E-state index in [2.05, 4.69) is 25.1 Å². The molecule has 2 fully saturated rings. The predicted molar refractivity (Wildman–Crippen MR) is 172 cm³/mol. The van der Waals surface area contributed by atoms with E-state index in [1.54, 1.807) is 30.3 Å². The summed E-state index contributed by atoms with van der Waals surface area (Å²) in [4.78, 5) is 0. The molecule has 3 aromatic rings. The molecule has 3 aromatic carbocycles. The third kappa shape index (κ3) is 7.75. The van der Waals surface area contributed by atoms with Gasteiger partial charge in [0.2, 0.25) is 5.82 Å². The van der Waals surface area contributed by atoms with Crippen LogP contribution >= 0.6 is 0 Å². The van der Waals surface area contributed by atoms with Crippen LogP contribution in [0.2, 0.25) is 0 Å². The lowest BCUT2D eigenvalue weighted by Gasteiger charge is -2.38. The molecule has 2 saturated carbocycles. The molecule has 0 amide bonds. The number of hydrogen-bond donors (Lipinski definition) is 0. The van der Waals surface area contributed by atoms with Crippen molar-refractivity contribution in [3.63, 3.8) is 0 Å². The molecule has 5 rings (SSSR count). The highest BCUT2D eigenvalue weighted by Gasteiger charge is 2.31. The summed E-state index contributed by atoms with van der Waals surface area (Å²) in [7, 11) is 0. The fourth-order valence-electron chi connectivity index (χ4n) is 7.41. The zero-order chi connectivity index (χ0) is 30.2. The quantitative estimate of drug-likeness (QED) is 0.160. The van der Waals surface area contributed by atoms with Crippen LogP contribution in [-0.4, -0.2) is 6.61 Å². The van der Waals surface area contributed by atoms with E-state index in [1.807, 2.05) is 13.0 Å². The van der Waals surface area contributed by atoms with Crippen molar-refractivity contribution in [2.24, 2.45) is 17.8 Å². The Hall–Kier alpha value is -3.01. The molecule has 2 aliphatic carbocycles. The highest BCUT2D eigenvalue weighted by atomic mass is 19.2. The molecule has 0 radical (unpaired) electrons. The Kier molecular flexibility index (Phi) is 11.1. The number of benzene rings is 3. The Balaban J connectivity index is 1.17. The summed E-state index contributed by atoms with van der Waals surface area (Å²) in [5.41, 5.74) is 3.05. The SMILES string of the molecule is CC=CCCC1CCC(C2CCC(c3ccc(-c4ccc(-c5ccc(OCCCC)c(F)c5F)cc4)c(F)c3)CC2)CC1. The molecule has 0 aromatic heterocycles. The number of hydrogen-bond acceptors (Lipinski definition) is 1. The smallest absolute Gasteiger partial charge is 0.201 e. The normalized spacial score (nSPS) is 22.6. The predicted octanol–water partition coefficient (Wildman–Crippen LogP) is 12.1. The minimum Gasteiger partial charge on any atom is -0.490 e. The molecule has 0 spiro atoms. The topological polar surface area (TPSA) is 9.23 Å². The molecule has 0 N–H and O–H groups in total. The van der Waals surface area contributed by atoms with E-state index in [1.165, 1.54) is 63.5 Å². The van der Waals surface area contributed by atoms with Crippen molar-refractivity contribution >= 4 is 0 Å². The van der Waals surface area contributed by atoms with Crippen molar-refractivity contribution < 1.29 is 17.9 Å². The van der Waals surface area contributed by atoms with E-state index in [0.29, 0.717) is 23.7 Å². The molecule has 0 saturated heterocycles. The van der Waals surface area contributed by atoms with Crippen LogP contribution in [0.15, 0.2) is 66.7 Å². The Bertz CT molecular complexity index is 1350. The summed E-state index contributed by atoms with van der Waals surface area (Å²) in [5, 5.41) is 0. The van der Waals surface area contributed by atoms with Crippen LogP contribution in [0, 0.1) is 35.2 Å². The summed E-state index contributed by atoms with van der Waals surface area (Å²) >= 11 is 0. The first kappa shape index (κ1) is 31.4. The van der Waals surface area contributed by atoms with E-state index in [4.69, 9.17) is 4.74 Å². The van der Waals surface area contributed by atoms with Crippen molar-refractivity contribution in [2.75, 3.05) is 6.61 Å². The third-order valence-electron chi connectivity index (χ3n) is 10.1. The number of rotatable bonds is 11. The van der Waals surface area contributed by atoms with Crippen LogP contribution in [0.4, 0.5) is 13.2 Å². The van der Waals surface area contributed by atoms with Crippen LogP contribution in [-0.2, 0) is 0 Å². The first-order valence-electron chi connectivity index (χ1n) is 16.6. The van der Waals surface area contributed by atoms with Gasteiger partial charge in [-0.1, -0.05) is 74.7 Å². The average Bonchev–Trinajstić information content (AvgIpc) is 3.04. The van der Waals surface area contributed by atoms with Crippen LogP contribution in [0.1, 0.15) is 102 Å². The fourth-order valence-corrected chi connectivity index (χ4v) is 7.41. The molecule has 0 atom stereocenters. The second kappa shape index (κ2) is 15.1. The molecule has 4 heteroatoms. The van der Waals surface area contributed by atoms with Gasteiger partial charge < -0.3 is 4.74 Å². The molecule has 0 aliphatic heterocycles. The average molecular weight is 589 g/mol. The van der Waals surface area contributed by atoms with Gasteiger partial charge in [0.25, 0.3) is 0 Å². The highest BCUT2D eigenvalue weighted by Crippen LogP contribution is 2.45. The van der Waals surface area contributed by atoms with Gasteiger partial charge in [-0.25, -0.2) is 8.78 Å². The van der Waals surface area contributed by atoms with E-state index < -0.39 is 11.6 Å². The Morgan fingerprint density at radius 2 is 1.37 bits per heavy atom. The van der Waals surface area contributed by atoms with Gasteiger partial charge in [-0.2, -0.15) is 4.39 Å². The molecular formula is C39H47F3O. The number of allylic oxidation sites excluding steroid dienone is 2. The lowest BCUT2D eigenvalue weighted by Crippen LogP contribution is -2.25. The summed E-state index contributed by atoms with van der Waals surface area (Å²) in [6.07, 6.45) is 19.1. The van der Waals surface area contributed by atoms with Gasteiger partial charge in [0.1, 0.15) is 5.82 Å². The monoisotopic (exact) mass is 588 g/mol. The van der Waals surface area contributed by atoms with E-state index >= 15 is 4.39 Å². The largest absolute Gasteiger partial charge is 0.490 e. The first-order chi connectivity index (χ1) is 21.0. The van der Waals surface area contributed by atoms with Gasteiger partial charge in [-0.3, -0.25) is 0 Å². The maximum absolute atomic E-state index is 15.4. The number of halogens is 3. The lowest BCUT2D eigenvalue weighted by atomic mass is 9.68. The minimum absolute atomic E-state index is 0.0692. The summed E-state index contributed by atoms with van der Waals surface area (Å²) in [5.74, 6) is 0.839. The third-order valence-corrected chi connectivity index (χ3v) is 10.1. The van der Waals surface area contributed by atoms with Gasteiger partial charge in [-0.05, 0) is 123 Å². The second-order valence-corrected chi connectivity index (χ2v) is 12.8. The van der Waals surface area contributed by atoms with Crippen molar-refractivity contribution in [2.45, 2.75) is 96.8 Å². The molecule has 1 nitrogen and oxygen atoms in total. The molecule has 2 aliphatic rings. The van der Waals surface area contributed by atoms with Crippen LogP contribution < -0.4 is 4.74 Å². The summed E-state index contributed by atoms with van der Waals surface area (Å²) < 4.78 is 50.2. The Morgan fingerprint density at radius 1 is 0.744 bits per heavy atom. The maximum Gasteiger partial charge on any atom is 0.201 e. The lowest BCUT2D eigenvalue weighted by molar-refractivity contribution is 0.157. The van der Waals surface area contributed by atoms with E-state index in [-0.39, 0.29) is 17.1 Å². The zero-order valence-electron chi connectivity index (χ0n) is 25.9. The Labute approximate surface area is 256 Å². The van der Waals surface area contributed by atoms with Gasteiger partial charge in [0, 0.05) is 11.1 Å². The molecular weight excluding hydrogens is 541 g/mol. The van der Waals surface area contributed by atoms with Gasteiger partial charge >= 0.3 is 0 Å². The van der Waals surface area contributed by atoms with E-state index in [0.717, 1.165) is 54.6 Å². The van der Waals surface area contributed by atoms with E-state index in [9.17, 15) is 8.78 Å². The number of ether oxygens (including phenoxy) is 1. The van der Waals surface area contributed by atoms with Crippen molar-refractivity contribution in [1.29, 1.82) is 0 Å². The minimum atomic E-state index is -0.976. The van der Waals surface area contributed by atoms with Gasteiger partial charge in [-0.15, -0.1) is 0 Å². The van der Waals surface area contributed by atoms with Crippen molar-refractivity contribution in [3.8, 4) is 28.0 Å². The highest BCUT2D eigenvalue weighted by molar-refractivity contribution is 5.71. The molecule has 0 heterocycles. The summed E-state index contributed by atoms with van der Waals surface area (Å²) in [6.45, 7) is 4.47. The first-order valence-corrected chi connectivity index (χ1v) is 16.6. The zero-order valence-corrected chi connectivity index (χ0v) is 25.9.